The molecule has 1 unspecified atom stereocenters. The number of rotatable bonds is 40. The lowest BCUT2D eigenvalue weighted by Gasteiger charge is -2.43. The Hall–Kier alpha value is -0.920. The van der Waals surface area contributed by atoms with E-state index < -0.39 is 63.2 Å². The van der Waals surface area contributed by atoms with Crippen LogP contribution >= 0.6 is 7.82 Å². The largest absolute Gasteiger partial charge is 0.474 e. The predicted octanol–water partition coefficient (Wildman–Crippen LogP) is 9.58. The van der Waals surface area contributed by atoms with Crippen molar-refractivity contribution in [2.24, 2.45) is 0 Å². The summed E-state index contributed by atoms with van der Waals surface area (Å²) in [5.74, 6) is -3.26. The topological polar surface area (TPSA) is 206 Å². The number of carbonyl (C=O) groups excluding carboxylic acids is 1. The van der Waals surface area contributed by atoms with Crippen LogP contribution in [0.5, 0.6) is 0 Å². The molecule has 59 heavy (non-hydrogen) atoms. The average Bonchev–Trinajstić information content (AvgIpc) is 3.20. The highest BCUT2D eigenvalue weighted by atomic mass is 31.2. The lowest BCUT2D eigenvalue weighted by molar-refractivity contribution is -0.292. The average molecular weight is 864 g/mol. The van der Waals surface area contributed by atoms with Crippen LogP contribution in [0, 0.1) is 0 Å². The van der Waals surface area contributed by atoms with Crippen molar-refractivity contribution in [1.82, 2.24) is 5.32 Å². The van der Waals surface area contributed by atoms with Gasteiger partial charge in [-0.15, -0.1) is 0 Å². The number of amides is 1. The Kier molecular flexibility index (Phi) is 33.8. The number of aliphatic hydroxyl groups excluding tert-OH is 5. The molecule has 1 rings (SSSR count). The van der Waals surface area contributed by atoms with Crippen LogP contribution in [0.15, 0.2) is 12.2 Å². The van der Waals surface area contributed by atoms with E-state index in [1.54, 1.807) is 0 Å². The molecule has 350 valence electrons. The first kappa shape index (κ1) is 56.1. The number of aliphatic hydroxyl groups is 6. The highest BCUT2D eigenvalue weighted by molar-refractivity contribution is 7.47. The van der Waals surface area contributed by atoms with Crippen LogP contribution in [0.2, 0.25) is 0 Å². The fourth-order valence-corrected chi connectivity index (χ4v) is 8.86. The summed E-state index contributed by atoms with van der Waals surface area (Å²) >= 11 is 0. The molecule has 13 heteroatoms. The molecule has 0 aromatic carbocycles. The van der Waals surface area contributed by atoms with Gasteiger partial charge in [-0.2, -0.15) is 0 Å². The fourth-order valence-electron chi connectivity index (χ4n) is 7.88. The predicted molar refractivity (Wildman–Crippen MR) is 237 cm³/mol. The Morgan fingerprint density at radius 2 is 1.05 bits per heavy atom. The van der Waals surface area contributed by atoms with Gasteiger partial charge >= 0.3 is 7.82 Å². The SMILES string of the molecule is CCCCCCCCCCC/C=C/[C@@H](O)[C@H](COP(=O)(O)O[C@]1(O)C[C@H](O)[C@H](O)[C@@H](O)[C@@H]1O)NC(=O)CCCCCCCCCCCCCCCCCCCCCCC. The van der Waals surface area contributed by atoms with E-state index in [1.807, 2.05) is 6.08 Å². The third-order valence-electron chi connectivity index (χ3n) is 11.8. The summed E-state index contributed by atoms with van der Waals surface area (Å²) in [5, 5.41) is 64.3. The van der Waals surface area contributed by atoms with Crippen LogP contribution in [-0.4, -0.2) is 90.4 Å². The molecule has 0 aromatic heterocycles. The van der Waals surface area contributed by atoms with E-state index in [9.17, 15) is 44.9 Å². The van der Waals surface area contributed by atoms with E-state index in [1.165, 1.54) is 154 Å². The van der Waals surface area contributed by atoms with Gasteiger partial charge in [-0.1, -0.05) is 206 Å². The van der Waals surface area contributed by atoms with Crippen molar-refractivity contribution < 1.29 is 53.9 Å². The van der Waals surface area contributed by atoms with Crippen molar-refractivity contribution in [3.8, 4) is 0 Å². The van der Waals surface area contributed by atoms with Gasteiger partial charge in [0.1, 0.15) is 18.3 Å². The van der Waals surface area contributed by atoms with Gasteiger partial charge in [-0.25, -0.2) is 4.57 Å². The maximum Gasteiger partial charge on any atom is 0.474 e. The number of hydrogen-bond donors (Lipinski definition) is 8. The molecule has 1 fully saturated rings. The maximum absolute atomic E-state index is 12.9. The lowest BCUT2D eigenvalue weighted by atomic mass is 9.85. The molecular weight excluding hydrogens is 773 g/mol. The Bertz CT molecular complexity index is 1080. The van der Waals surface area contributed by atoms with E-state index in [2.05, 4.69) is 19.2 Å². The highest BCUT2D eigenvalue weighted by Crippen LogP contribution is 2.50. The van der Waals surface area contributed by atoms with Crippen LogP contribution in [-0.2, 0) is 18.4 Å². The minimum absolute atomic E-state index is 0.210. The van der Waals surface area contributed by atoms with E-state index in [-0.39, 0.29) is 12.3 Å². The van der Waals surface area contributed by atoms with Gasteiger partial charge in [0.15, 0.2) is 0 Å². The monoisotopic (exact) mass is 864 g/mol. The van der Waals surface area contributed by atoms with E-state index in [0.717, 1.165) is 44.9 Å². The molecule has 0 aliphatic heterocycles. The molecule has 8 N–H and O–H groups in total. The first-order valence-electron chi connectivity index (χ1n) is 24.1. The number of phosphoric acid groups is 1. The van der Waals surface area contributed by atoms with Gasteiger partial charge in [-0.05, 0) is 19.3 Å². The first-order valence-corrected chi connectivity index (χ1v) is 25.6. The number of carbonyl (C=O) groups is 1. The van der Waals surface area contributed by atoms with E-state index >= 15 is 0 Å². The number of allylic oxidation sites excluding steroid dienone is 1. The third kappa shape index (κ3) is 28.4. The van der Waals surface area contributed by atoms with Gasteiger partial charge in [0.25, 0.3) is 0 Å². The van der Waals surface area contributed by atoms with Crippen molar-refractivity contribution in [2.75, 3.05) is 6.61 Å². The summed E-state index contributed by atoms with van der Waals surface area (Å²) in [6.45, 7) is 3.80. The second kappa shape index (κ2) is 35.5. The Labute approximate surface area is 359 Å². The van der Waals surface area contributed by atoms with Gasteiger partial charge < -0.3 is 40.8 Å². The van der Waals surface area contributed by atoms with Crippen molar-refractivity contribution in [3.05, 3.63) is 12.2 Å². The minimum Gasteiger partial charge on any atom is -0.390 e. The molecule has 0 spiro atoms. The molecule has 0 radical (unpaired) electrons. The normalized spacial score (nSPS) is 23.1. The maximum atomic E-state index is 12.9. The molecule has 0 bridgehead atoms. The zero-order chi connectivity index (χ0) is 43.6. The van der Waals surface area contributed by atoms with Crippen molar-refractivity contribution >= 4 is 13.7 Å². The summed E-state index contributed by atoms with van der Waals surface area (Å²) in [5.41, 5.74) is 0. The Morgan fingerprint density at radius 3 is 1.47 bits per heavy atom. The van der Waals surface area contributed by atoms with E-state index in [0.29, 0.717) is 6.42 Å². The minimum atomic E-state index is -5.19. The second-order valence-corrected chi connectivity index (χ2v) is 18.8. The summed E-state index contributed by atoms with van der Waals surface area (Å²) in [4.78, 5) is 23.4. The summed E-state index contributed by atoms with van der Waals surface area (Å²) < 4.78 is 22.7. The second-order valence-electron chi connectivity index (χ2n) is 17.4. The molecule has 12 nitrogen and oxygen atoms in total. The quantitative estimate of drug-likeness (QED) is 0.0126. The molecule has 1 aliphatic carbocycles. The molecule has 0 heterocycles. The Balaban J connectivity index is 2.40. The van der Waals surface area contributed by atoms with Crippen molar-refractivity contribution in [3.63, 3.8) is 0 Å². The Morgan fingerprint density at radius 1 is 0.661 bits per heavy atom. The number of phosphoric ester groups is 1. The summed E-state index contributed by atoms with van der Waals surface area (Å²) in [6.07, 6.45) is 31.6. The van der Waals surface area contributed by atoms with Crippen molar-refractivity contribution in [2.45, 2.75) is 268 Å². The zero-order valence-corrected chi connectivity index (χ0v) is 38.3. The summed E-state index contributed by atoms with van der Waals surface area (Å²) in [6, 6.07) is -1.13. The summed E-state index contributed by atoms with van der Waals surface area (Å²) in [7, 11) is -5.19. The standard InChI is InChI=1S/C46H90NO11P/c1-3-5-7-9-11-13-15-16-17-18-19-20-21-22-23-24-26-28-30-32-34-36-42(50)47-39(40(48)35-33-31-29-27-25-14-12-10-8-6-4-2)38-57-59(55,56)58-46(54)37-41(49)43(51)44(52)45(46)53/h33,35,39-41,43-45,48-49,51-54H,3-32,34,36-38H2,1-2H3,(H,47,50)(H,55,56)/b35-33+/t39-,40+,41-,43-,44+,45-,46+/m0/s1. The first-order chi connectivity index (χ1) is 28.4. The molecule has 1 saturated carbocycles. The molecule has 1 aliphatic rings. The van der Waals surface area contributed by atoms with Gasteiger partial charge in [0.2, 0.25) is 11.7 Å². The van der Waals surface area contributed by atoms with Crippen LogP contribution in [0.25, 0.3) is 0 Å². The van der Waals surface area contributed by atoms with Gasteiger partial charge in [0, 0.05) is 12.8 Å². The van der Waals surface area contributed by atoms with Crippen LogP contribution in [0.1, 0.15) is 226 Å². The molecule has 8 atom stereocenters. The third-order valence-corrected chi connectivity index (χ3v) is 12.8. The van der Waals surface area contributed by atoms with Crippen LogP contribution in [0.3, 0.4) is 0 Å². The smallest absolute Gasteiger partial charge is 0.390 e. The highest BCUT2D eigenvalue weighted by Gasteiger charge is 2.55. The van der Waals surface area contributed by atoms with Gasteiger partial charge in [-0.3, -0.25) is 13.8 Å². The van der Waals surface area contributed by atoms with Crippen molar-refractivity contribution in [1.29, 1.82) is 0 Å². The van der Waals surface area contributed by atoms with Crippen LogP contribution < -0.4 is 5.32 Å². The zero-order valence-electron chi connectivity index (χ0n) is 37.4. The number of nitrogens with one attached hydrogen (secondary N) is 1. The van der Waals surface area contributed by atoms with E-state index in [4.69, 9.17) is 9.05 Å². The van der Waals surface area contributed by atoms with Crippen LogP contribution in [0.4, 0.5) is 0 Å². The lowest BCUT2D eigenvalue weighted by Crippen LogP contribution is -2.63. The molecule has 0 saturated heterocycles. The fraction of sp³-hybridized carbons (Fsp3) is 0.935. The molecular formula is C46H90NO11P. The number of unbranched alkanes of at least 4 members (excludes halogenated alkanes) is 29. The van der Waals surface area contributed by atoms with Gasteiger partial charge in [0.05, 0.1) is 24.9 Å². The molecule has 1 amide bonds. The molecule has 0 aromatic rings. The number of hydrogen-bond acceptors (Lipinski definition) is 10.